The Kier molecular flexibility index (Phi) is 8.01. The van der Waals surface area contributed by atoms with Gasteiger partial charge >= 0.3 is 5.97 Å². The lowest BCUT2D eigenvalue weighted by Crippen LogP contribution is -2.50. The molecule has 0 radical (unpaired) electrons. The number of aryl methyl sites for hydroxylation is 1. The SMILES string of the molecule is CCNC(C)(CCOCCCc1ccccc1)C(=O)OC. The standard InChI is InChI=1S/C17H27NO3/c1-4-18-17(2,16(19)20-3)12-14-21-13-8-11-15-9-6-5-7-10-15/h5-7,9-10,18H,4,8,11-14H2,1-3H3. The van der Waals surface area contributed by atoms with Crippen molar-refractivity contribution in [2.24, 2.45) is 0 Å². The van der Waals surface area contributed by atoms with E-state index in [0.717, 1.165) is 19.4 Å². The van der Waals surface area contributed by atoms with Crippen molar-refractivity contribution in [1.82, 2.24) is 5.32 Å². The summed E-state index contributed by atoms with van der Waals surface area (Å²) >= 11 is 0. The molecule has 0 aliphatic carbocycles. The lowest BCUT2D eigenvalue weighted by molar-refractivity contribution is -0.148. The average molecular weight is 293 g/mol. The van der Waals surface area contributed by atoms with E-state index in [4.69, 9.17) is 9.47 Å². The number of hydrogen-bond donors (Lipinski definition) is 1. The number of nitrogens with one attached hydrogen (secondary N) is 1. The summed E-state index contributed by atoms with van der Waals surface area (Å²) in [6.07, 6.45) is 2.61. The van der Waals surface area contributed by atoms with Gasteiger partial charge in [-0.3, -0.25) is 4.79 Å². The first-order valence-corrected chi connectivity index (χ1v) is 7.57. The Labute approximate surface area is 127 Å². The first-order valence-electron chi connectivity index (χ1n) is 7.57. The Morgan fingerprint density at radius 1 is 1.24 bits per heavy atom. The molecule has 0 fully saturated rings. The van der Waals surface area contributed by atoms with E-state index in [2.05, 4.69) is 29.6 Å². The van der Waals surface area contributed by atoms with Gasteiger partial charge in [0.25, 0.3) is 0 Å². The van der Waals surface area contributed by atoms with E-state index < -0.39 is 5.54 Å². The Morgan fingerprint density at radius 3 is 2.57 bits per heavy atom. The maximum Gasteiger partial charge on any atom is 0.325 e. The largest absolute Gasteiger partial charge is 0.468 e. The van der Waals surface area contributed by atoms with Crippen LogP contribution in [0.1, 0.15) is 32.3 Å². The number of rotatable bonds is 10. The molecule has 0 saturated heterocycles. The zero-order chi connectivity index (χ0) is 15.6. The quantitative estimate of drug-likeness (QED) is 0.532. The summed E-state index contributed by atoms with van der Waals surface area (Å²) in [7, 11) is 1.42. The molecule has 1 rings (SSSR count). The monoisotopic (exact) mass is 293 g/mol. The molecule has 21 heavy (non-hydrogen) atoms. The van der Waals surface area contributed by atoms with Crippen molar-refractivity contribution >= 4 is 5.97 Å². The van der Waals surface area contributed by atoms with E-state index in [1.807, 2.05) is 19.9 Å². The van der Waals surface area contributed by atoms with Gasteiger partial charge in [0, 0.05) is 13.2 Å². The van der Waals surface area contributed by atoms with Gasteiger partial charge in [-0.1, -0.05) is 37.3 Å². The molecule has 1 aromatic rings. The van der Waals surface area contributed by atoms with Crippen LogP contribution in [-0.4, -0.2) is 38.4 Å². The number of likely N-dealkylation sites (N-methyl/N-ethyl adjacent to an activating group) is 1. The molecule has 0 amide bonds. The highest BCUT2D eigenvalue weighted by molar-refractivity contribution is 5.80. The summed E-state index contributed by atoms with van der Waals surface area (Å²) in [5.41, 5.74) is 0.663. The van der Waals surface area contributed by atoms with Crippen molar-refractivity contribution in [3.05, 3.63) is 35.9 Å². The molecule has 0 aliphatic rings. The number of carbonyl (C=O) groups excluding carboxylic acids is 1. The first-order chi connectivity index (χ1) is 10.1. The molecule has 0 aliphatic heterocycles. The van der Waals surface area contributed by atoms with Gasteiger partial charge in [0.2, 0.25) is 0 Å². The number of methoxy groups -OCH3 is 1. The minimum atomic E-state index is -0.664. The van der Waals surface area contributed by atoms with Crippen LogP contribution in [0.3, 0.4) is 0 Å². The predicted octanol–water partition coefficient (Wildman–Crippen LogP) is 2.57. The van der Waals surface area contributed by atoms with Crippen molar-refractivity contribution in [3.63, 3.8) is 0 Å². The zero-order valence-corrected chi connectivity index (χ0v) is 13.4. The zero-order valence-electron chi connectivity index (χ0n) is 13.4. The third kappa shape index (κ3) is 6.27. The van der Waals surface area contributed by atoms with Crippen LogP contribution in [0.4, 0.5) is 0 Å². The second-order valence-corrected chi connectivity index (χ2v) is 5.31. The second-order valence-electron chi connectivity index (χ2n) is 5.31. The lowest BCUT2D eigenvalue weighted by Gasteiger charge is -2.27. The molecule has 0 aromatic heterocycles. The van der Waals surface area contributed by atoms with E-state index in [1.165, 1.54) is 12.7 Å². The van der Waals surface area contributed by atoms with Crippen LogP contribution in [0, 0.1) is 0 Å². The van der Waals surface area contributed by atoms with Crippen molar-refractivity contribution < 1.29 is 14.3 Å². The highest BCUT2D eigenvalue weighted by atomic mass is 16.5. The lowest BCUT2D eigenvalue weighted by atomic mass is 9.98. The minimum Gasteiger partial charge on any atom is -0.468 e. The summed E-state index contributed by atoms with van der Waals surface area (Å²) in [5.74, 6) is -0.239. The summed E-state index contributed by atoms with van der Waals surface area (Å²) in [4.78, 5) is 11.8. The number of carbonyl (C=O) groups is 1. The third-order valence-corrected chi connectivity index (χ3v) is 3.55. The van der Waals surface area contributed by atoms with Crippen LogP contribution in [0.2, 0.25) is 0 Å². The van der Waals surface area contributed by atoms with Gasteiger partial charge in [0.1, 0.15) is 5.54 Å². The fraction of sp³-hybridized carbons (Fsp3) is 0.588. The molecule has 1 aromatic carbocycles. The van der Waals surface area contributed by atoms with E-state index in [-0.39, 0.29) is 5.97 Å². The fourth-order valence-corrected chi connectivity index (χ4v) is 2.28. The molecule has 0 heterocycles. The molecule has 0 bridgehead atoms. The molecule has 4 heteroatoms. The van der Waals surface area contributed by atoms with Gasteiger partial charge in [0.15, 0.2) is 0 Å². The summed E-state index contributed by atoms with van der Waals surface area (Å²) in [6, 6.07) is 10.4. The second kappa shape index (κ2) is 9.53. The normalized spacial score (nSPS) is 13.7. The molecule has 0 saturated carbocycles. The Morgan fingerprint density at radius 2 is 1.95 bits per heavy atom. The molecular formula is C17H27NO3. The molecule has 1 N–H and O–H groups in total. The van der Waals surface area contributed by atoms with Crippen LogP contribution in [0.25, 0.3) is 0 Å². The Balaban J connectivity index is 2.21. The first kappa shape index (κ1) is 17.7. The van der Waals surface area contributed by atoms with Gasteiger partial charge in [0.05, 0.1) is 7.11 Å². The van der Waals surface area contributed by atoms with Gasteiger partial charge < -0.3 is 14.8 Å². The molecule has 1 atom stereocenters. The summed E-state index contributed by atoms with van der Waals surface area (Å²) < 4.78 is 10.5. The summed E-state index contributed by atoms with van der Waals surface area (Å²) in [5, 5.41) is 3.17. The van der Waals surface area contributed by atoms with Gasteiger partial charge in [-0.25, -0.2) is 0 Å². The van der Waals surface area contributed by atoms with Crippen molar-refractivity contribution in [2.75, 3.05) is 26.9 Å². The molecule has 4 nitrogen and oxygen atoms in total. The number of hydrogen-bond acceptors (Lipinski definition) is 4. The maximum absolute atomic E-state index is 11.8. The topological polar surface area (TPSA) is 47.6 Å². The van der Waals surface area contributed by atoms with E-state index in [0.29, 0.717) is 19.6 Å². The highest BCUT2D eigenvalue weighted by Crippen LogP contribution is 2.12. The predicted molar refractivity (Wildman–Crippen MR) is 84.3 cm³/mol. The minimum absolute atomic E-state index is 0.239. The van der Waals surface area contributed by atoms with E-state index in [9.17, 15) is 4.79 Å². The van der Waals surface area contributed by atoms with Gasteiger partial charge in [-0.05, 0) is 38.3 Å². The molecule has 0 spiro atoms. The van der Waals surface area contributed by atoms with Crippen LogP contribution in [0.15, 0.2) is 30.3 Å². The summed E-state index contributed by atoms with van der Waals surface area (Å²) in [6.45, 7) is 5.81. The van der Waals surface area contributed by atoms with Crippen molar-refractivity contribution in [1.29, 1.82) is 0 Å². The molecular weight excluding hydrogens is 266 g/mol. The van der Waals surface area contributed by atoms with Crippen LogP contribution < -0.4 is 5.32 Å². The van der Waals surface area contributed by atoms with Crippen LogP contribution >= 0.6 is 0 Å². The maximum atomic E-state index is 11.8. The third-order valence-electron chi connectivity index (χ3n) is 3.55. The Bertz CT molecular complexity index is 408. The fourth-order valence-electron chi connectivity index (χ4n) is 2.28. The highest BCUT2D eigenvalue weighted by Gasteiger charge is 2.32. The van der Waals surface area contributed by atoms with Crippen LogP contribution in [0.5, 0.6) is 0 Å². The molecule has 118 valence electrons. The van der Waals surface area contributed by atoms with E-state index >= 15 is 0 Å². The average Bonchev–Trinajstić information content (AvgIpc) is 2.51. The smallest absolute Gasteiger partial charge is 0.325 e. The van der Waals surface area contributed by atoms with Crippen molar-refractivity contribution in [3.8, 4) is 0 Å². The van der Waals surface area contributed by atoms with Crippen molar-refractivity contribution in [2.45, 2.75) is 38.6 Å². The Hall–Kier alpha value is -1.39. The van der Waals surface area contributed by atoms with Crippen LogP contribution in [-0.2, 0) is 20.7 Å². The number of esters is 1. The van der Waals surface area contributed by atoms with Gasteiger partial charge in [-0.15, -0.1) is 0 Å². The van der Waals surface area contributed by atoms with Gasteiger partial charge in [-0.2, -0.15) is 0 Å². The van der Waals surface area contributed by atoms with E-state index in [1.54, 1.807) is 0 Å². The number of benzene rings is 1. The molecule has 1 unspecified atom stereocenters. The number of ether oxygens (including phenoxy) is 2.